The van der Waals surface area contributed by atoms with Gasteiger partial charge in [0.1, 0.15) is 4.90 Å². The summed E-state index contributed by atoms with van der Waals surface area (Å²) >= 11 is 0. The summed E-state index contributed by atoms with van der Waals surface area (Å²) in [5, 5.41) is 17.9. The Hall–Kier alpha value is -1.17. The van der Waals surface area contributed by atoms with E-state index < -0.39 is 45.7 Å². The molecule has 3 N–H and O–H groups in total. The molecule has 0 aromatic carbocycles. The fourth-order valence-electron chi connectivity index (χ4n) is 1.89. The molecule has 0 amide bonds. The van der Waals surface area contributed by atoms with Gasteiger partial charge in [0, 0.05) is 13.2 Å². The number of aryl methyl sites for hydroxylation is 1. The van der Waals surface area contributed by atoms with E-state index in [4.69, 9.17) is 10.2 Å². The summed E-state index contributed by atoms with van der Waals surface area (Å²) in [6.07, 6.45) is -7.18. The van der Waals surface area contributed by atoms with Gasteiger partial charge in [-0.2, -0.15) is 13.2 Å². The minimum Gasteiger partial charge on any atom is -0.395 e. The maximum atomic E-state index is 14.0. The number of rotatable bonds is 6. The van der Waals surface area contributed by atoms with Gasteiger partial charge < -0.3 is 14.8 Å². The molecule has 128 valence electrons. The molecule has 0 saturated carbocycles. The Morgan fingerprint density at radius 3 is 2.32 bits per heavy atom. The van der Waals surface area contributed by atoms with E-state index in [1.807, 2.05) is 0 Å². The molecule has 0 aliphatic carbocycles. The van der Waals surface area contributed by atoms with Crippen LogP contribution in [0.25, 0.3) is 0 Å². The largest absolute Gasteiger partial charge is 0.416 e. The predicted molar refractivity (Wildman–Crippen MR) is 68.0 cm³/mol. The predicted octanol–water partition coefficient (Wildman–Crippen LogP) is 0.289. The minimum absolute atomic E-state index is 0.0530. The van der Waals surface area contributed by atoms with E-state index in [0.29, 0.717) is 0 Å². The molecule has 1 aromatic rings. The van der Waals surface area contributed by atoms with Crippen molar-refractivity contribution < 1.29 is 36.2 Å². The number of halogens is 4. The third-order valence-corrected chi connectivity index (χ3v) is 4.53. The molecule has 0 aliphatic heterocycles. The summed E-state index contributed by atoms with van der Waals surface area (Å²) in [6, 6.07) is -2.24. The normalized spacial score (nSPS) is 15.8. The van der Waals surface area contributed by atoms with E-state index >= 15 is 0 Å². The lowest BCUT2D eigenvalue weighted by Gasteiger charge is -2.23. The maximum absolute atomic E-state index is 14.0. The molecular formula is C11H16F4N2O4S. The molecule has 1 aromatic heterocycles. The second kappa shape index (κ2) is 6.52. The lowest BCUT2D eigenvalue weighted by molar-refractivity contribution is -0.213. The third-order valence-electron chi connectivity index (χ3n) is 3.05. The standard InChI is InChI=1S/C11H16F4N2O4S/c1-3-7-9(12)8(4-17(7)2)22(20,21)16-6(5-18)10(19)11(13,14)15/h4,6,10,16,18-19H,3,5H2,1-2H3. The first-order valence-corrected chi connectivity index (χ1v) is 7.65. The molecule has 0 fully saturated rings. The van der Waals surface area contributed by atoms with E-state index in [1.54, 1.807) is 6.92 Å². The number of alkyl halides is 3. The Balaban J connectivity index is 3.15. The molecule has 2 atom stereocenters. The fourth-order valence-corrected chi connectivity index (χ4v) is 3.27. The average molecular weight is 348 g/mol. The van der Waals surface area contributed by atoms with Crippen molar-refractivity contribution in [3.63, 3.8) is 0 Å². The van der Waals surface area contributed by atoms with Crippen LogP contribution in [0.3, 0.4) is 0 Å². The number of nitrogens with one attached hydrogen (secondary N) is 1. The van der Waals surface area contributed by atoms with Crippen molar-refractivity contribution in [2.45, 2.75) is 36.6 Å². The van der Waals surface area contributed by atoms with Gasteiger partial charge in [-0.15, -0.1) is 0 Å². The van der Waals surface area contributed by atoms with E-state index in [0.717, 1.165) is 6.20 Å². The van der Waals surface area contributed by atoms with E-state index in [9.17, 15) is 26.0 Å². The first-order chi connectivity index (χ1) is 9.95. The topological polar surface area (TPSA) is 91.6 Å². The smallest absolute Gasteiger partial charge is 0.395 e. The van der Waals surface area contributed by atoms with Crippen molar-refractivity contribution in [3.05, 3.63) is 17.7 Å². The highest BCUT2D eigenvalue weighted by atomic mass is 32.2. The monoisotopic (exact) mass is 348 g/mol. The first kappa shape index (κ1) is 18.9. The molecule has 6 nitrogen and oxygen atoms in total. The van der Waals surface area contributed by atoms with Crippen LogP contribution in [-0.4, -0.2) is 48.1 Å². The SMILES string of the molecule is CCc1c(F)c(S(=O)(=O)NC(CO)C(O)C(F)(F)F)cn1C. The summed E-state index contributed by atoms with van der Waals surface area (Å²) in [6.45, 7) is 0.265. The minimum atomic E-state index is -5.14. The summed E-state index contributed by atoms with van der Waals surface area (Å²) in [5.41, 5.74) is 0.0530. The van der Waals surface area contributed by atoms with Crippen molar-refractivity contribution in [2.75, 3.05) is 6.61 Å². The van der Waals surface area contributed by atoms with Crippen LogP contribution in [0, 0.1) is 5.82 Å². The van der Waals surface area contributed by atoms with Crippen molar-refractivity contribution in [1.82, 2.24) is 9.29 Å². The molecule has 2 unspecified atom stereocenters. The molecular weight excluding hydrogens is 332 g/mol. The average Bonchev–Trinajstić information content (AvgIpc) is 2.69. The van der Waals surface area contributed by atoms with Gasteiger partial charge >= 0.3 is 6.18 Å². The Morgan fingerprint density at radius 2 is 1.95 bits per heavy atom. The van der Waals surface area contributed by atoms with Crippen LogP contribution in [0.2, 0.25) is 0 Å². The van der Waals surface area contributed by atoms with Crippen molar-refractivity contribution in [3.8, 4) is 0 Å². The number of aliphatic hydroxyl groups excluding tert-OH is 2. The molecule has 0 aliphatic rings. The molecule has 11 heteroatoms. The van der Waals surface area contributed by atoms with Gasteiger partial charge in [0.15, 0.2) is 11.9 Å². The van der Waals surface area contributed by atoms with Gasteiger partial charge in [-0.05, 0) is 6.42 Å². The summed E-state index contributed by atoms with van der Waals surface area (Å²) in [7, 11) is -3.30. The zero-order valence-corrected chi connectivity index (χ0v) is 12.5. The molecule has 1 heterocycles. The van der Waals surface area contributed by atoms with Gasteiger partial charge in [0.25, 0.3) is 0 Å². The van der Waals surface area contributed by atoms with Gasteiger partial charge in [0.05, 0.1) is 18.3 Å². The van der Waals surface area contributed by atoms with Crippen molar-refractivity contribution in [1.29, 1.82) is 0 Å². The maximum Gasteiger partial charge on any atom is 0.416 e. The van der Waals surface area contributed by atoms with E-state index in [1.165, 1.54) is 16.3 Å². The molecule has 0 spiro atoms. The zero-order chi connectivity index (χ0) is 17.3. The quantitative estimate of drug-likeness (QED) is 0.645. The second-order valence-electron chi connectivity index (χ2n) is 4.62. The Kier molecular flexibility index (Phi) is 5.60. The first-order valence-electron chi connectivity index (χ1n) is 6.17. The fraction of sp³-hybridized carbons (Fsp3) is 0.636. The molecule has 0 bridgehead atoms. The number of sulfonamides is 1. The van der Waals surface area contributed by atoms with Crippen LogP contribution in [0.5, 0.6) is 0 Å². The Labute approximate surface area is 124 Å². The number of nitrogens with zero attached hydrogens (tertiary/aromatic N) is 1. The van der Waals surface area contributed by atoms with Crippen molar-refractivity contribution >= 4 is 10.0 Å². The third kappa shape index (κ3) is 3.77. The highest BCUT2D eigenvalue weighted by Crippen LogP contribution is 2.25. The number of aliphatic hydroxyl groups is 2. The van der Waals surface area contributed by atoms with Gasteiger partial charge in [0.2, 0.25) is 10.0 Å². The van der Waals surface area contributed by atoms with Crippen LogP contribution in [0.1, 0.15) is 12.6 Å². The Bertz CT molecular complexity index is 627. The van der Waals surface area contributed by atoms with Gasteiger partial charge in [-0.25, -0.2) is 17.5 Å². The lowest BCUT2D eigenvalue weighted by Crippen LogP contribution is -2.51. The number of aromatic nitrogens is 1. The number of hydrogen-bond donors (Lipinski definition) is 3. The van der Waals surface area contributed by atoms with Crippen LogP contribution in [0.15, 0.2) is 11.1 Å². The van der Waals surface area contributed by atoms with Gasteiger partial charge in [-0.1, -0.05) is 6.92 Å². The lowest BCUT2D eigenvalue weighted by atomic mass is 10.2. The summed E-state index contributed by atoms with van der Waals surface area (Å²) in [4.78, 5) is -0.848. The molecule has 1 rings (SSSR count). The summed E-state index contributed by atoms with van der Waals surface area (Å²) < 4.78 is 77.8. The van der Waals surface area contributed by atoms with Gasteiger partial charge in [-0.3, -0.25) is 0 Å². The second-order valence-corrected chi connectivity index (χ2v) is 6.30. The van der Waals surface area contributed by atoms with E-state index in [-0.39, 0.29) is 12.1 Å². The van der Waals surface area contributed by atoms with Crippen LogP contribution in [0.4, 0.5) is 17.6 Å². The van der Waals surface area contributed by atoms with Crippen LogP contribution in [-0.2, 0) is 23.5 Å². The highest BCUT2D eigenvalue weighted by molar-refractivity contribution is 7.89. The number of hydrogen-bond acceptors (Lipinski definition) is 4. The zero-order valence-electron chi connectivity index (χ0n) is 11.7. The summed E-state index contributed by atoms with van der Waals surface area (Å²) in [5.74, 6) is -1.09. The molecule has 0 saturated heterocycles. The van der Waals surface area contributed by atoms with Crippen LogP contribution < -0.4 is 4.72 Å². The molecule has 22 heavy (non-hydrogen) atoms. The Morgan fingerprint density at radius 1 is 1.41 bits per heavy atom. The van der Waals surface area contributed by atoms with Crippen LogP contribution >= 0.6 is 0 Å². The van der Waals surface area contributed by atoms with E-state index in [2.05, 4.69) is 0 Å². The van der Waals surface area contributed by atoms with Crippen molar-refractivity contribution in [2.24, 2.45) is 7.05 Å². The molecule has 0 radical (unpaired) electrons. The highest BCUT2D eigenvalue weighted by Gasteiger charge is 2.45.